The molecule has 1 heterocycles. The SMILES string of the molecule is CC(C)c1ncc(I)[nH]1. The van der Waals surface area contributed by atoms with Gasteiger partial charge in [-0.15, -0.1) is 0 Å². The number of H-pyrrole nitrogens is 1. The van der Waals surface area contributed by atoms with Gasteiger partial charge in [0.2, 0.25) is 0 Å². The molecule has 0 amide bonds. The standard InChI is InChI=1S/C6H9IN2/c1-4(2)6-8-3-5(7)9-6/h3-4H,1-2H3,(H,8,9). The summed E-state index contributed by atoms with van der Waals surface area (Å²) in [5, 5.41) is 0. The summed E-state index contributed by atoms with van der Waals surface area (Å²) >= 11 is 2.22. The Kier molecular flexibility index (Phi) is 2.10. The van der Waals surface area contributed by atoms with Crippen LogP contribution >= 0.6 is 22.6 Å². The number of aromatic nitrogens is 2. The third kappa shape index (κ3) is 1.67. The maximum absolute atomic E-state index is 4.15. The minimum atomic E-state index is 0.508. The summed E-state index contributed by atoms with van der Waals surface area (Å²) in [5.41, 5.74) is 0. The van der Waals surface area contributed by atoms with Gasteiger partial charge in [-0.05, 0) is 22.6 Å². The number of halogens is 1. The molecule has 1 aromatic heterocycles. The predicted molar refractivity (Wildman–Crippen MR) is 45.4 cm³/mol. The van der Waals surface area contributed by atoms with Crippen molar-refractivity contribution in [1.29, 1.82) is 0 Å². The van der Waals surface area contributed by atoms with E-state index in [0.717, 1.165) is 9.53 Å². The number of hydrogen-bond donors (Lipinski definition) is 1. The molecule has 0 unspecified atom stereocenters. The Bertz CT molecular complexity index is 193. The van der Waals surface area contributed by atoms with Crippen LogP contribution in [-0.2, 0) is 0 Å². The van der Waals surface area contributed by atoms with Crippen molar-refractivity contribution in [1.82, 2.24) is 9.97 Å². The van der Waals surface area contributed by atoms with Gasteiger partial charge in [0, 0.05) is 5.92 Å². The lowest BCUT2D eigenvalue weighted by atomic mass is 10.2. The van der Waals surface area contributed by atoms with E-state index in [2.05, 4.69) is 46.4 Å². The normalized spacial score (nSPS) is 10.7. The molecule has 0 aliphatic carbocycles. The lowest BCUT2D eigenvalue weighted by Gasteiger charge is -1.95. The molecule has 0 radical (unpaired) electrons. The van der Waals surface area contributed by atoms with Crippen LogP contribution in [0.25, 0.3) is 0 Å². The van der Waals surface area contributed by atoms with Crippen LogP contribution in [0.5, 0.6) is 0 Å². The average Bonchev–Trinajstić information content (AvgIpc) is 2.14. The second kappa shape index (κ2) is 2.68. The van der Waals surface area contributed by atoms with E-state index in [9.17, 15) is 0 Å². The number of aromatic amines is 1. The Balaban J connectivity index is 2.85. The first-order valence-corrected chi connectivity index (χ1v) is 3.98. The molecule has 1 N–H and O–H groups in total. The highest BCUT2D eigenvalue weighted by atomic mass is 127. The third-order valence-corrected chi connectivity index (χ3v) is 1.66. The number of nitrogens with one attached hydrogen (secondary N) is 1. The first-order chi connectivity index (χ1) is 4.20. The van der Waals surface area contributed by atoms with E-state index in [1.807, 2.05) is 6.20 Å². The van der Waals surface area contributed by atoms with Gasteiger partial charge in [-0.1, -0.05) is 13.8 Å². The number of nitrogens with zero attached hydrogens (tertiary/aromatic N) is 1. The highest BCUT2D eigenvalue weighted by molar-refractivity contribution is 14.1. The van der Waals surface area contributed by atoms with Crippen LogP contribution in [0, 0.1) is 3.70 Å². The molecule has 0 aliphatic rings. The van der Waals surface area contributed by atoms with Crippen molar-refractivity contribution in [3.8, 4) is 0 Å². The highest BCUT2D eigenvalue weighted by Crippen LogP contribution is 2.09. The molecule has 2 nitrogen and oxygen atoms in total. The van der Waals surface area contributed by atoms with Crippen LogP contribution in [0.1, 0.15) is 25.6 Å². The van der Waals surface area contributed by atoms with Gasteiger partial charge >= 0.3 is 0 Å². The maximum Gasteiger partial charge on any atom is 0.109 e. The van der Waals surface area contributed by atoms with Crippen LogP contribution in [0.3, 0.4) is 0 Å². The van der Waals surface area contributed by atoms with Gasteiger partial charge in [-0.3, -0.25) is 0 Å². The summed E-state index contributed by atoms with van der Waals surface area (Å²) in [4.78, 5) is 7.30. The fraction of sp³-hybridized carbons (Fsp3) is 0.500. The highest BCUT2D eigenvalue weighted by Gasteiger charge is 2.00. The number of rotatable bonds is 1. The van der Waals surface area contributed by atoms with Crippen molar-refractivity contribution in [2.24, 2.45) is 0 Å². The number of hydrogen-bond acceptors (Lipinski definition) is 1. The van der Waals surface area contributed by atoms with E-state index in [-0.39, 0.29) is 0 Å². The molecule has 0 atom stereocenters. The van der Waals surface area contributed by atoms with Crippen LogP contribution in [-0.4, -0.2) is 9.97 Å². The molecule has 0 bridgehead atoms. The Hall–Kier alpha value is -0.0600. The Morgan fingerprint density at radius 1 is 1.67 bits per heavy atom. The Morgan fingerprint density at radius 3 is 2.56 bits per heavy atom. The van der Waals surface area contributed by atoms with Gasteiger partial charge in [0.05, 0.1) is 9.90 Å². The summed E-state index contributed by atoms with van der Waals surface area (Å²) in [7, 11) is 0. The van der Waals surface area contributed by atoms with E-state index in [1.54, 1.807) is 0 Å². The zero-order valence-corrected chi connectivity index (χ0v) is 7.64. The summed E-state index contributed by atoms with van der Waals surface area (Å²) in [6, 6.07) is 0. The second-order valence-electron chi connectivity index (χ2n) is 2.27. The lowest BCUT2D eigenvalue weighted by molar-refractivity contribution is 0.792. The predicted octanol–water partition coefficient (Wildman–Crippen LogP) is 2.14. The van der Waals surface area contributed by atoms with E-state index >= 15 is 0 Å². The molecule has 9 heavy (non-hydrogen) atoms. The van der Waals surface area contributed by atoms with Crippen molar-refractivity contribution in [2.45, 2.75) is 19.8 Å². The summed E-state index contributed by atoms with van der Waals surface area (Å²) < 4.78 is 1.11. The molecule has 0 aromatic carbocycles. The molecular formula is C6H9IN2. The summed E-state index contributed by atoms with van der Waals surface area (Å²) in [5.74, 6) is 1.58. The van der Waals surface area contributed by atoms with E-state index in [0.29, 0.717) is 5.92 Å². The molecule has 0 spiro atoms. The minimum Gasteiger partial charge on any atom is -0.337 e. The third-order valence-electron chi connectivity index (χ3n) is 1.11. The first-order valence-electron chi connectivity index (χ1n) is 2.90. The van der Waals surface area contributed by atoms with Crippen molar-refractivity contribution >= 4 is 22.6 Å². The molecular weight excluding hydrogens is 227 g/mol. The average molecular weight is 236 g/mol. The molecule has 0 aliphatic heterocycles. The maximum atomic E-state index is 4.15. The largest absolute Gasteiger partial charge is 0.337 e. The fourth-order valence-electron chi connectivity index (χ4n) is 0.607. The van der Waals surface area contributed by atoms with Gasteiger partial charge in [0.1, 0.15) is 5.82 Å². The van der Waals surface area contributed by atoms with Crippen LogP contribution < -0.4 is 0 Å². The monoisotopic (exact) mass is 236 g/mol. The molecule has 1 rings (SSSR count). The number of imidazole rings is 1. The first kappa shape index (κ1) is 7.05. The molecule has 3 heteroatoms. The zero-order valence-electron chi connectivity index (χ0n) is 5.48. The van der Waals surface area contributed by atoms with Crippen LogP contribution in [0.15, 0.2) is 6.20 Å². The molecule has 0 saturated carbocycles. The zero-order chi connectivity index (χ0) is 6.85. The Labute approximate surface area is 68.2 Å². The van der Waals surface area contributed by atoms with E-state index in [1.165, 1.54) is 0 Å². The second-order valence-corrected chi connectivity index (χ2v) is 3.43. The smallest absolute Gasteiger partial charge is 0.109 e. The topological polar surface area (TPSA) is 28.7 Å². The summed E-state index contributed by atoms with van der Waals surface area (Å²) in [6.45, 7) is 4.24. The molecule has 1 aromatic rings. The quantitative estimate of drug-likeness (QED) is 0.743. The van der Waals surface area contributed by atoms with Gasteiger partial charge in [-0.2, -0.15) is 0 Å². The van der Waals surface area contributed by atoms with Gasteiger partial charge in [0.15, 0.2) is 0 Å². The van der Waals surface area contributed by atoms with Crippen LogP contribution in [0.4, 0.5) is 0 Å². The van der Waals surface area contributed by atoms with Crippen molar-refractivity contribution in [3.05, 3.63) is 15.7 Å². The Morgan fingerprint density at radius 2 is 2.33 bits per heavy atom. The van der Waals surface area contributed by atoms with Crippen molar-refractivity contribution in [2.75, 3.05) is 0 Å². The van der Waals surface area contributed by atoms with Crippen molar-refractivity contribution < 1.29 is 0 Å². The van der Waals surface area contributed by atoms with Gasteiger partial charge in [-0.25, -0.2) is 4.98 Å². The van der Waals surface area contributed by atoms with Crippen LogP contribution in [0.2, 0.25) is 0 Å². The molecule has 50 valence electrons. The lowest BCUT2D eigenvalue weighted by Crippen LogP contribution is -1.88. The minimum absolute atomic E-state index is 0.508. The summed E-state index contributed by atoms with van der Waals surface area (Å²) in [6.07, 6.45) is 1.84. The van der Waals surface area contributed by atoms with Gasteiger partial charge in [0.25, 0.3) is 0 Å². The molecule has 0 saturated heterocycles. The van der Waals surface area contributed by atoms with Crippen molar-refractivity contribution in [3.63, 3.8) is 0 Å². The van der Waals surface area contributed by atoms with Gasteiger partial charge < -0.3 is 4.98 Å². The molecule has 0 fully saturated rings. The van der Waals surface area contributed by atoms with E-state index < -0.39 is 0 Å². The van der Waals surface area contributed by atoms with E-state index in [4.69, 9.17) is 0 Å². The fourth-order valence-corrected chi connectivity index (χ4v) is 1.02.